The van der Waals surface area contributed by atoms with Crippen LogP contribution >= 0.6 is 7.60 Å². The normalized spacial score (nSPS) is 11.0. The standard InChI is InChI=1S/C18H21O3P/c1-4-15-11-7-9-13-17(15)20-22(19,6-3)21-18-14-10-8-12-16(18)5-2/h6-14H,3-5H2,1-2H3. The molecule has 0 spiro atoms. The van der Waals surface area contributed by atoms with E-state index in [-0.39, 0.29) is 0 Å². The quantitative estimate of drug-likeness (QED) is 0.623. The molecule has 0 heterocycles. The molecule has 116 valence electrons. The van der Waals surface area contributed by atoms with Crippen LogP contribution in [-0.2, 0) is 17.4 Å². The fourth-order valence-electron chi connectivity index (χ4n) is 2.14. The Morgan fingerprint density at radius 1 is 0.909 bits per heavy atom. The summed E-state index contributed by atoms with van der Waals surface area (Å²) >= 11 is 0. The zero-order valence-electron chi connectivity index (χ0n) is 13.0. The van der Waals surface area contributed by atoms with Gasteiger partial charge in [0, 0.05) is 5.82 Å². The fraction of sp³-hybridized carbons (Fsp3) is 0.222. The zero-order valence-corrected chi connectivity index (χ0v) is 13.9. The molecule has 22 heavy (non-hydrogen) atoms. The molecule has 0 saturated heterocycles. The number of benzene rings is 2. The van der Waals surface area contributed by atoms with Gasteiger partial charge in [0.1, 0.15) is 11.5 Å². The van der Waals surface area contributed by atoms with Crippen LogP contribution in [0.3, 0.4) is 0 Å². The van der Waals surface area contributed by atoms with E-state index >= 15 is 0 Å². The molecule has 2 rings (SSSR count). The molecule has 2 aromatic rings. The molecule has 0 saturated carbocycles. The maximum Gasteiger partial charge on any atom is 0.455 e. The summed E-state index contributed by atoms with van der Waals surface area (Å²) < 4.78 is 24.3. The molecule has 4 heteroatoms. The average Bonchev–Trinajstić information content (AvgIpc) is 2.56. The number of hydrogen-bond acceptors (Lipinski definition) is 3. The Hall–Kier alpha value is -1.99. The van der Waals surface area contributed by atoms with Crippen LogP contribution in [0.15, 0.2) is 60.9 Å². The molecule has 2 aromatic carbocycles. The van der Waals surface area contributed by atoms with Crippen molar-refractivity contribution in [3.05, 3.63) is 72.1 Å². The van der Waals surface area contributed by atoms with Crippen molar-refractivity contribution >= 4 is 7.60 Å². The van der Waals surface area contributed by atoms with E-state index in [1.165, 1.54) is 5.82 Å². The van der Waals surface area contributed by atoms with E-state index < -0.39 is 7.60 Å². The van der Waals surface area contributed by atoms with Gasteiger partial charge in [-0.2, -0.15) is 0 Å². The highest BCUT2D eigenvalue weighted by atomic mass is 31.2. The maximum atomic E-state index is 12.9. The minimum absolute atomic E-state index is 0.571. The lowest BCUT2D eigenvalue weighted by Gasteiger charge is -2.19. The first kappa shape index (κ1) is 16.4. The van der Waals surface area contributed by atoms with Crippen molar-refractivity contribution in [1.82, 2.24) is 0 Å². The Morgan fingerprint density at radius 2 is 1.32 bits per heavy atom. The van der Waals surface area contributed by atoms with Gasteiger partial charge in [-0.1, -0.05) is 56.8 Å². The molecular weight excluding hydrogens is 295 g/mol. The molecule has 0 unspecified atom stereocenters. The van der Waals surface area contributed by atoms with E-state index in [9.17, 15) is 4.57 Å². The summed E-state index contributed by atoms with van der Waals surface area (Å²) in [4.78, 5) is 0. The van der Waals surface area contributed by atoms with Crippen molar-refractivity contribution < 1.29 is 13.6 Å². The lowest BCUT2D eigenvalue weighted by atomic mass is 10.1. The van der Waals surface area contributed by atoms with Crippen LogP contribution in [0.5, 0.6) is 11.5 Å². The first-order chi connectivity index (χ1) is 10.6. The molecule has 0 aliphatic rings. The summed E-state index contributed by atoms with van der Waals surface area (Å²) in [6.45, 7) is 7.67. The molecule has 0 atom stereocenters. The van der Waals surface area contributed by atoms with Gasteiger partial charge in [0.25, 0.3) is 0 Å². The Balaban J connectivity index is 2.29. The predicted octanol–water partition coefficient (Wildman–Crippen LogP) is 5.61. The van der Waals surface area contributed by atoms with Crippen LogP contribution in [-0.4, -0.2) is 0 Å². The molecule has 0 aromatic heterocycles. The first-order valence-corrected chi connectivity index (χ1v) is 9.01. The van der Waals surface area contributed by atoms with Crippen molar-refractivity contribution in [3.63, 3.8) is 0 Å². The van der Waals surface area contributed by atoms with Crippen molar-refractivity contribution in [2.75, 3.05) is 0 Å². The lowest BCUT2D eigenvalue weighted by molar-refractivity contribution is 0.395. The summed E-state index contributed by atoms with van der Waals surface area (Å²) in [5.41, 5.74) is 1.97. The second kappa shape index (κ2) is 7.33. The van der Waals surface area contributed by atoms with Gasteiger partial charge < -0.3 is 9.05 Å². The molecule has 0 aliphatic carbocycles. The van der Waals surface area contributed by atoms with Crippen LogP contribution in [0.2, 0.25) is 0 Å². The molecule has 0 aliphatic heterocycles. The predicted molar refractivity (Wildman–Crippen MR) is 90.7 cm³/mol. The molecule has 0 radical (unpaired) electrons. The SMILES string of the molecule is C=CP(=O)(Oc1ccccc1CC)Oc1ccccc1CC. The van der Waals surface area contributed by atoms with Crippen molar-refractivity contribution in [1.29, 1.82) is 0 Å². The van der Waals surface area contributed by atoms with Crippen LogP contribution in [0.1, 0.15) is 25.0 Å². The van der Waals surface area contributed by atoms with Gasteiger partial charge in [-0.05, 0) is 36.1 Å². The van der Waals surface area contributed by atoms with E-state index in [1.54, 1.807) is 12.1 Å². The number of aryl methyl sites for hydroxylation is 2. The fourth-order valence-corrected chi connectivity index (χ4v) is 3.23. The second-order valence-corrected chi connectivity index (χ2v) is 6.64. The maximum absolute atomic E-state index is 12.9. The van der Waals surface area contributed by atoms with Crippen LogP contribution in [0.25, 0.3) is 0 Å². The average molecular weight is 316 g/mol. The van der Waals surface area contributed by atoms with Crippen LogP contribution < -0.4 is 9.05 Å². The zero-order chi connectivity index (χ0) is 16.0. The van der Waals surface area contributed by atoms with Gasteiger partial charge in [0.15, 0.2) is 0 Å². The van der Waals surface area contributed by atoms with Gasteiger partial charge in [-0.25, -0.2) is 4.57 Å². The van der Waals surface area contributed by atoms with E-state index in [0.29, 0.717) is 11.5 Å². The largest absolute Gasteiger partial charge is 0.455 e. The van der Waals surface area contributed by atoms with E-state index in [1.807, 2.05) is 50.2 Å². The van der Waals surface area contributed by atoms with E-state index in [0.717, 1.165) is 24.0 Å². The number of para-hydroxylation sites is 2. The summed E-state index contributed by atoms with van der Waals surface area (Å²) in [7, 11) is -3.46. The molecule has 3 nitrogen and oxygen atoms in total. The Morgan fingerprint density at radius 3 is 1.68 bits per heavy atom. The monoisotopic (exact) mass is 316 g/mol. The molecular formula is C18H21O3P. The van der Waals surface area contributed by atoms with E-state index in [2.05, 4.69) is 6.58 Å². The highest BCUT2D eigenvalue weighted by Gasteiger charge is 2.25. The van der Waals surface area contributed by atoms with Crippen molar-refractivity contribution in [2.24, 2.45) is 0 Å². The summed E-state index contributed by atoms with van der Waals surface area (Å²) in [6.07, 6.45) is 1.58. The van der Waals surface area contributed by atoms with Crippen molar-refractivity contribution in [2.45, 2.75) is 26.7 Å². The third kappa shape index (κ3) is 3.80. The topological polar surface area (TPSA) is 35.5 Å². The highest BCUT2D eigenvalue weighted by molar-refractivity contribution is 7.58. The number of rotatable bonds is 7. The van der Waals surface area contributed by atoms with E-state index in [4.69, 9.17) is 9.05 Å². The summed E-state index contributed by atoms with van der Waals surface area (Å²) in [5.74, 6) is 2.40. The minimum atomic E-state index is -3.46. The summed E-state index contributed by atoms with van der Waals surface area (Å²) in [5, 5.41) is 0. The molecule has 0 fully saturated rings. The van der Waals surface area contributed by atoms with Gasteiger partial charge in [0.2, 0.25) is 0 Å². The van der Waals surface area contributed by atoms with Crippen LogP contribution in [0, 0.1) is 0 Å². The Labute approximate surface area is 132 Å². The lowest BCUT2D eigenvalue weighted by Crippen LogP contribution is -2.01. The number of hydrogen-bond donors (Lipinski definition) is 0. The molecule has 0 N–H and O–H groups in total. The van der Waals surface area contributed by atoms with Gasteiger partial charge in [0.05, 0.1) is 0 Å². The Kier molecular flexibility index (Phi) is 5.46. The first-order valence-electron chi connectivity index (χ1n) is 7.40. The van der Waals surface area contributed by atoms with Gasteiger partial charge >= 0.3 is 7.60 Å². The van der Waals surface area contributed by atoms with Gasteiger partial charge in [-0.15, -0.1) is 0 Å². The smallest absolute Gasteiger partial charge is 0.413 e. The molecule has 0 bridgehead atoms. The van der Waals surface area contributed by atoms with Gasteiger partial charge in [-0.3, -0.25) is 0 Å². The summed E-state index contributed by atoms with van der Waals surface area (Å²) in [6, 6.07) is 15.0. The second-order valence-electron chi connectivity index (χ2n) is 4.83. The minimum Gasteiger partial charge on any atom is -0.413 e. The molecule has 0 amide bonds. The third-order valence-corrected chi connectivity index (χ3v) is 4.73. The van der Waals surface area contributed by atoms with Crippen molar-refractivity contribution in [3.8, 4) is 11.5 Å². The Bertz CT molecular complexity index is 641. The third-order valence-electron chi connectivity index (χ3n) is 3.38. The highest BCUT2D eigenvalue weighted by Crippen LogP contribution is 2.50. The van der Waals surface area contributed by atoms with Crippen LogP contribution in [0.4, 0.5) is 0 Å².